The molecule has 10 nitrogen and oxygen atoms in total. The molecular formula is C28H23ClF6N8O2. The lowest BCUT2D eigenvalue weighted by molar-refractivity contribution is -0.165. The number of carbonyl (C=O) groups excluding carboxylic acids is 2. The number of nitriles is 1. The van der Waals surface area contributed by atoms with Gasteiger partial charge >= 0.3 is 12.4 Å². The van der Waals surface area contributed by atoms with Crippen LogP contribution in [0.15, 0.2) is 36.5 Å². The molecule has 0 aliphatic heterocycles. The number of hydrogen-bond acceptors (Lipinski definition) is 7. The van der Waals surface area contributed by atoms with Crippen LogP contribution in [0.4, 0.5) is 26.3 Å². The first-order valence-electron chi connectivity index (χ1n) is 13.0. The van der Waals surface area contributed by atoms with Crippen molar-refractivity contribution in [2.45, 2.75) is 58.6 Å². The van der Waals surface area contributed by atoms with Gasteiger partial charge in [0, 0.05) is 23.7 Å². The number of Topliss-reactive ketones (excluding diaryl/α,β-unsaturated/α-hetero) is 1. The van der Waals surface area contributed by atoms with Crippen LogP contribution < -0.4 is 5.32 Å². The van der Waals surface area contributed by atoms with E-state index in [1.54, 1.807) is 27.7 Å². The van der Waals surface area contributed by atoms with E-state index in [0.717, 1.165) is 10.7 Å². The normalized spacial score (nSPS) is 12.2. The molecule has 45 heavy (non-hydrogen) atoms. The summed E-state index contributed by atoms with van der Waals surface area (Å²) in [4.78, 5) is 31.3. The molecule has 0 aliphatic rings. The van der Waals surface area contributed by atoms with Crippen molar-refractivity contribution in [1.29, 1.82) is 5.26 Å². The molecule has 3 aromatic heterocycles. The van der Waals surface area contributed by atoms with Gasteiger partial charge in [0.1, 0.15) is 12.2 Å². The second-order valence-electron chi connectivity index (χ2n) is 10.9. The Hall–Kier alpha value is -4.78. The third kappa shape index (κ3) is 7.48. The zero-order valence-electron chi connectivity index (χ0n) is 24.0. The number of halogens is 7. The number of aryl methyl sites for hydroxylation is 1. The molecule has 1 amide bonds. The lowest BCUT2D eigenvalue weighted by atomic mass is 9.93. The van der Waals surface area contributed by atoms with Crippen molar-refractivity contribution >= 4 is 23.3 Å². The average Bonchev–Trinajstić information content (AvgIpc) is 3.54. The predicted molar refractivity (Wildman–Crippen MR) is 147 cm³/mol. The highest BCUT2D eigenvalue weighted by Gasteiger charge is 2.48. The highest BCUT2D eigenvalue weighted by atomic mass is 35.5. The fourth-order valence-corrected chi connectivity index (χ4v) is 4.53. The Labute approximate surface area is 256 Å². The van der Waals surface area contributed by atoms with Gasteiger partial charge in [-0.3, -0.25) is 9.59 Å². The van der Waals surface area contributed by atoms with Crippen LogP contribution in [0, 0.1) is 18.3 Å². The minimum absolute atomic E-state index is 0.0249. The van der Waals surface area contributed by atoms with E-state index < -0.39 is 53.9 Å². The van der Waals surface area contributed by atoms with Gasteiger partial charge in [0.05, 0.1) is 22.3 Å². The van der Waals surface area contributed by atoms with Crippen molar-refractivity contribution in [3.8, 4) is 11.9 Å². The van der Waals surface area contributed by atoms with Gasteiger partial charge in [0.2, 0.25) is 0 Å². The molecule has 17 heteroatoms. The molecule has 0 atom stereocenters. The Bertz CT molecular complexity index is 1800. The molecule has 0 radical (unpaired) electrons. The summed E-state index contributed by atoms with van der Waals surface area (Å²) in [5.74, 6) is -1.26. The first-order valence-corrected chi connectivity index (χ1v) is 13.3. The zero-order chi connectivity index (χ0) is 33.5. The first-order chi connectivity index (χ1) is 20.8. The van der Waals surface area contributed by atoms with Crippen molar-refractivity contribution in [3.05, 3.63) is 86.6 Å². The maximum Gasteiger partial charge on any atom is 0.437 e. The van der Waals surface area contributed by atoms with E-state index in [4.69, 9.17) is 11.6 Å². The quantitative estimate of drug-likeness (QED) is 0.199. The number of benzene rings is 1. The van der Waals surface area contributed by atoms with Crippen LogP contribution in [0.5, 0.6) is 0 Å². The Kier molecular flexibility index (Phi) is 8.80. The van der Waals surface area contributed by atoms with E-state index >= 15 is 0 Å². The van der Waals surface area contributed by atoms with Crippen molar-refractivity contribution < 1.29 is 35.9 Å². The largest absolute Gasteiger partial charge is 0.437 e. The summed E-state index contributed by atoms with van der Waals surface area (Å²) in [6.07, 6.45) is -9.96. The lowest BCUT2D eigenvalue weighted by Gasteiger charge is -2.22. The Morgan fingerprint density at radius 3 is 2.16 bits per heavy atom. The monoisotopic (exact) mass is 652 g/mol. The Morgan fingerprint density at radius 2 is 1.62 bits per heavy atom. The fraction of sp³-hybridized carbons (Fsp3) is 0.321. The highest BCUT2D eigenvalue weighted by Crippen LogP contribution is 2.38. The minimum Gasteiger partial charge on any atom is -0.347 e. The van der Waals surface area contributed by atoms with Crippen LogP contribution >= 0.6 is 11.6 Å². The van der Waals surface area contributed by atoms with Gasteiger partial charge in [-0.2, -0.15) is 41.5 Å². The number of hydrogen-bond donors (Lipinski definition) is 1. The van der Waals surface area contributed by atoms with Crippen LogP contribution in [0.1, 0.15) is 75.4 Å². The van der Waals surface area contributed by atoms with Crippen LogP contribution in [-0.2, 0) is 25.3 Å². The average molecular weight is 653 g/mol. The number of carbonyl (C=O) groups is 2. The van der Waals surface area contributed by atoms with Gasteiger partial charge < -0.3 is 5.32 Å². The van der Waals surface area contributed by atoms with Crippen LogP contribution in [-0.4, -0.2) is 47.0 Å². The van der Waals surface area contributed by atoms with Gasteiger partial charge in [-0.15, -0.1) is 10.2 Å². The molecule has 1 aromatic carbocycles. The summed E-state index contributed by atoms with van der Waals surface area (Å²) in [6, 6.07) is 8.85. The molecule has 0 aliphatic carbocycles. The van der Waals surface area contributed by atoms with Crippen molar-refractivity contribution in [2.24, 2.45) is 0 Å². The van der Waals surface area contributed by atoms with Gasteiger partial charge in [-0.25, -0.2) is 9.67 Å². The molecule has 0 spiro atoms. The number of amides is 1. The predicted octanol–water partition coefficient (Wildman–Crippen LogP) is 5.73. The Morgan fingerprint density at radius 1 is 1.00 bits per heavy atom. The molecule has 4 rings (SSSR count). The molecule has 0 unspecified atom stereocenters. The lowest BCUT2D eigenvalue weighted by Crippen LogP contribution is -2.41. The second-order valence-corrected chi connectivity index (χ2v) is 11.3. The van der Waals surface area contributed by atoms with Crippen LogP contribution in [0.25, 0.3) is 5.82 Å². The van der Waals surface area contributed by atoms with E-state index in [1.807, 2.05) is 6.07 Å². The van der Waals surface area contributed by atoms with Crippen molar-refractivity contribution in [3.63, 3.8) is 0 Å². The summed E-state index contributed by atoms with van der Waals surface area (Å²) in [6.45, 7) is 6.06. The molecule has 4 aromatic rings. The summed E-state index contributed by atoms with van der Waals surface area (Å²) < 4.78 is 80.7. The second kappa shape index (κ2) is 12.0. The van der Waals surface area contributed by atoms with Gasteiger partial charge in [-0.1, -0.05) is 11.6 Å². The van der Waals surface area contributed by atoms with Crippen molar-refractivity contribution in [2.75, 3.05) is 0 Å². The molecule has 3 heterocycles. The maximum absolute atomic E-state index is 13.8. The van der Waals surface area contributed by atoms with E-state index in [1.165, 1.54) is 30.5 Å². The maximum atomic E-state index is 13.8. The minimum atomic E-state index is -5.44. The highest BCUT2D eigenvalue weighted by molar-refractivity contribution is 6.32. The molecule has 236 valence electrons. The van der Waals surface area contributed by atoms with Crippen LogP contribution in [0.3, 0.4) is 0 Å². The van der Waals surface area contributed by atoms with E-state index in [9.17, 15) is 41.2 Å². The summed E-state index contributed by atoms with van der Waals surface area (Å²) >= 11 is 6.28. The Balaban J connectivity index is 1.80. The van der Waals surface area contributed by atoms with Gasteiger partial charge in [0.15, 0.2) is 23.0 Å². The third-order valence-electron chi connectivity index (χ3n) is 6.15. The van der Waals surface area contributed by atoms with Crippen LogP contribution in [0.2, 0.25) is 5.02 Å². The molecule has 0 bridgehead atoms. The molecule has 0 saturated carbocycles. The van der Waals surface area contributed by atoms with Crippen molar-refractivity contribution in [1.82, 2.24) is 35.1 Å². The number of ketones is 1. The number of aromatic nitrogens is 6. The summed E-state index contributed by atoms with van der Waals surface area (Å²) in [5, 5.41) is 22.4. The smallest absolute Gasteiger partial charge is 0.347 e. The summed E-state index contributed by atoms with van der Waals surface area (Å²) in [5.41, 5.74) is -4.53. The third-order valence-corrected chi connectivity index (χ3v) is 6.45. The molecular weight excluding hydrogens is 630 g/mol. The molecule has 1 N–H and O–H groups in total. The number of nitrogens with zero attached hydrogens (tertiary/aromatic N) is 7. The summed E-state index contributed by atoms with van der Waals surface area (Å²) in [7, 11) is 0. The van der Waals surface area contributed by atoms with E-state index in [-0.39, 0.29) is 43.7 Å². The van der Waals surface area contributed by atoms with Gasteiger partial charge in [-0.05, 0) is 69.2 Å². The zero-order valence-corrected chi connectivity index (χ0v) is 24.7. The molecule has 0 fully saturated rings. The SMILES string of the molecule is Cc1cc(C#N)cc(C(=O)NC(C)(C)C)c1CC(=O)c1cc(Cn2nc(C(F)(F)F)c(C(F)(F)F)n2)nn1-c1ncccc1Cl. The van der Waals surface area contributed by atoms with E-state index in [0.29, 0.717) is 5.56 Å². The fourth-order valence-electron chi connectivity index (χ4n) is 4.32. The standard InChI is InChI=1S/C28H23ClF6N8O2/c1-14-8-15(12-36)9-18(25(45)38-26(2,3)4)17(14)11-21(44)20-10-16(39-43(20)24-19(29)6-5-7-37-24)13-42-40-22(27(30,31)32)23(41-42)28(33,34)35/h5-10H,11,13H2,1-4H3,(H,38,45). The van der Waals surface area contributed by atoms with Gasteiger partial charge in [0.25, 0.3) is 5.91 Å². The number of rotatable bonds is 7. The number of nitrogens with one attached hydrogen (secondary N) is 1. The van der Waals surface area contributed by atoms with E-state index in [2.05, 4.69) is 25.6 Å². The number of pyridine rings is 1. The molecule has 0 saturated heterocycles. The number of alkyl halides is 6. The first kappa shape index (κ1) is 33.1. The topological polar surface area (TPSA) is 131 Å².